The molecule has 0 aromatic heterocycles. The maximum absolute atomic E-state index is 9.73. The van der Waals surface area contributed by atoms with Crippen molar-refractivity contribution in [1.82, 2.24) is 0 Å². The molecule has 3 nitrogen and oxygen atoms in total. The molecule has 0 spiro atoms. The Balaban J connectivity index is 1.96. The number of aliphatic hydroxyl groups is 1. The van der Waals surface area contributed by atoms with Crippen LogP contribution in [0.4, 0.5) is 0 Å². The van der Waals surface area contributed by atoms with Crippen molar-refractivity contribution in [3.05, 3.63) is 83.9 Å². The van der Waals surface area contributed by atoms with Crippen molar-refractivity contribution in [2.45, 2.75) is 38.8 Å². The molecule has 0 saturated heterocycles. The van der Waals surface area contributed by atoms with E-state index in [-0.39, 0.29) is 12.7 Å². The topological polar surface area (TPSA) is 38.7 Å². The van der Waals surface area contributed by atoms with E-state index in [0.717, 1.165) is 17.5 Å². The van der Waals surface area contributed by atoms with Gasteiger partial charge in [-0.3, -0.25) is 0 Å². The van der Waals surface area contributed by atoms with E-state index in [9.17, 15) is 5.11 Å². The van der Waals surface area contributed by atoms with Crippen LogP contribution in [0.3, 0.4) is 0 Å². The van der Waals surface area contributed by atoms with Crippen LogP contribution in [0.15, 0.2) is 72.8 Å². The molecule has 0 radical (unpaired) electrons. The normalized spacial score (nSPS) is 13.9. The predicted molar refractivity (Wildman–Crippen MR) is 96.6 cm³/mol. The molecule has 128 valence electrons. The van der Waals surface area contributed by atoms with E-state index in [2.05, 4.69) is 6.92 Å². The van der Waals surface area contributed by atoms with Crippen molar-refractivity contribution in [3.63, 3.8) is 0 Å². The van der Waals surface area contributed by atoms with Gasteiger partial charge in [-0.1, -0.05) is 79.7 Å². The average molecular weight is 326 g/mol. The highest BCUT2D eigenvalue weighted by Gasteiger charge is 2.20. The van der Waals surface area contributed by atoms with Gasteiger partial charge in [0, 0.05) is 0 Å². The molecule has 2 atom stereocenters. The highest BCUT2D eigenvalue weighted by Crippen LogP contribution is 2.13. The third-order valence-corrected chi connectivity index (χ3v) is 3.70. The van der Waals surface area contributed by atoms with Crippen molar-refractivity contribution in [2.75, 3.05) is 6.61 Å². The Morgan fingerprint density at radius 1 is 0.875 bits per heavy atom. The van der Waals surface area contributed by atoms with E-state index in [1.165, 1.54) is 0 Å². The Kier molecular flexibility index (Phi) is 8.25. The van der Waals surface area contributed by atoms with Gasteiger partial charge in [0.2, 0.25) is 0 Å². The van der Waals surface area contributed by atoms with Crippen LogP contribution in [-0.2, 0) is 22.7 Å². The summed E-state index contributed by atoms with van der Waals surface area (Å²) >= 11 is 0. The molecular weight excluding hydrogens is 300 g/mol. The Labute approximate surface area is 144 Å². The summed E-state index contributed by atoms with van der Waals surface area (Å²) < 4.78 is 11.9. The highest BCUT2D eigenvalue weighted by molar-refractivity contribution is 5.14. The Bertz CT molecular complexity index is 581. The van der Waals surface area contributed by atoms with Gasteiger partial charge >= 0.3 is 0 Å². The molecule has 0 fully saturated rings. The predicted octanol–water partition coefficient (Wildman–Crippen LogP) is 4.12. The number of hydrogen-bond acceptors (Lipinski definition) is 3. The Hall–Kier alpha value is -1.94. The van der Waals surface area contributed by atoms with Crippen molar-refractivity contribution in [3.8, 4) is 0 Å². The molecule has 2 aromatic rings. The van der Waals surface area contributed by atoms with E-state index >= 15 is 0 Å². The molecule has 0 aliphatic heterocycles. The van der Waals surface area contributed by atoms with Gasteiger partial charge in [0.1, 0.15) is 12.2 Å². The molecule has 2 aromatic carbocycles. The monoisotopic (exact) mass is 326 g/mol. The molecule has 0 heterocycles. The number of benzene rings is 2. The first-order valence-electron chi connectivity index (χ1n) is 8.42. The quantitative estimate of drug-likeness (QED) is 0.668. The highest BCUT2D eigenvalue weighted by atomic mass is 16.5. The molecule has 3 heteroatoms. The van der Waals surface area contributed by atoms with Crippen molar-refractivity contribution >= 4 is 0 Å². The van der Waals surface area contributed by atoms with Crippen molar-refractivity contribution in [2.24, 2.45) is 0 Å². The fraction of sp³-hybridized carbons (Fsp3) is 0.333. The third kappa shape index (κ3) is 6.28. The minimum atomic E-state index is -0.392. The SMILES string of the molecule is CC/C=C/[C@@H](OCc1ccccc1)[C@@H](CO)OCc1ccccc1. The van der Waals surface area contributed by atoms with E-state index < -0.39 is 6.10 Å². The van der Waals surface area contributed by atoms with Crippen LogP contribution in [0.2, 0.25) is 0 Å². The zero-order chi connectivity index (χ0) is 17.0. The van der Waals surface area contributed by atoms with Crippen molar-refractivity contribution in [1.29, 1.82) is 0 Å². The largest absolute Gasteiger partial charge is 0.394 e. The summed E-state index contributed by atoms with van der Waals surface area (Å²) in [5, 5.41) is 9.73. The zero-order valence-electron chi connectivity index (χ0n) is 14.2. The molecule has 24 heavy (non-hydrogen) atoms. The maximum Gasteiger partial charge on any atom is 0.111 e. The fourth-order valence-corrected chi connectivity index (χ4v) is 2.35. The fourth-order valence-electron chi connectivity index (χ4n) is 2.35. The van der Waals surface area contributed by atoms with E-state index in [1.54, 1.807) is 0 Å². The number of rotatable bonds is 10. The Morgan fingerprint density at radius 2 is 1.42 bits per heavy atom. The van der Waals surface area contributed by atoms with Crippen LogP contribution in [-0.4, -0.2) is 23.9 Å². The zero-order valence-corrected chi connectivity index (χ0v) is 14.2. The second kappa shape index (κ2) is 10.8. The molecule has 1 N–H and O–H groups in total. The van der Waals surface area contributed by atoms with Crippen LogP contribution >= 0.6 is 0 Å². The second-order valence-electron chi connectivity index (χ2n) is 5.62. The maximum atomic E-state index is 9.73. The lowest BCUT2D eigenvalue weighted by Gasteiger charge is -2.24. The summed E-state index contributed by atoms with van der Waals surface area (Å²) in [5.41, 5.74) is 2.18. The summed E-state index contributed by atoms with van der Waals surface area (Å²) in [6, 6.07) is 20.0. The van der Waals surface area contributed by atoms with Gasteiger partial charge in [-0.2, -0.15) is 0 Å². The van der Waals surface area contributed by atoms with Crippen LogP contribution in [0, 0.1) is 0 Å². The van der Waals surface area contributed by atoms with E-state index in [0.29, 0.717) is 13.2 Å². The summed E-state index contributed by atoms with van der Waals surface area (Å²) in [6.07, 6.45) is 4.27. The summed E-state index contributed by atoms with van der Waals surface area (Å²) in [7, 11) is 0. The molecule has 0 amide bonds. The minimum Gasteiger partial charge on any atom is -0.394 e. The summed E-state index contributed by atoms with van der Waals surface area (Å²) in [5.74, 6) is 0. The van der Waals surface area contributed by atoms with Gasteiger partial charge in [-0.05, 0) is 17.5 Å². The molecule has 0 aliphatic carbocycles. The second-order valence-corrected chi connectivity index (χ2v) is 5.62. The molecule has 2 rings (SSSR count). The van der Waals surface area contributed by atoms with Crippen LogP contribution in [0.25, 0.3) is 0 Å². The number of allylic oxidation sites excluding steroid dienone is 1. The molecule has 0 saturated carbocycles. The first-order chi connectivity index (χ1) is 11.8. The number of aliphatic hydroxyl groups excluding tert-OH is 1. The third-order valence-electron chi connectivity index (χ3n) is 3.70. The van der Waals surface area contributed by atoms with Crippen LogP contribution < -0.4 is 0 Å². The first-order valence-corrected chi connectivity index (χ1v) is 8.42. The molecule has 0 bridgehead atoms. The average Bonchev–Trinajstić information content (AvgIpc) is 2.65. The smallest absolute Gasteiger partial charge is 0.111 e. The van der Waals surface area contributed by atoms with Crippen LogP contribution in [0.1, 0.15) is 24.5 Å². The number of hydrogen-bond donors (Lipinski definition) is 1. The van der Waals surface area contributed by atoms with Gasteiger partial charge < -0.3 is 14.6 Å². The molecular formula is C21H26O3. The van der Waals surface area contributed by atoms with E-state index in [1.807, 2.05) is 72.8 Å². The van der Waals surface area contributed by atoms with Crippen molar-refractivity contribution < 1.29 is 14.6 Å². The lowest BCUT2D eigenvalue weighted by molar-refractivity contribution is -0.0847. The minimum absolute atomic E-state index is 0.0830. The molecule has 0 unspecified atom stereocenters. The van der Waals surface area contributed by atoms with E-state index in [4.69, 9.17) is 9.47 Å². The lowest BCUT2D eigenvalue weighted by atomic mass is 10.1. The Morgan fingerprint density at radius 3 is 1.92 bits per heavy atom. The van der Waals surface area contributed by atoms with Gasteiger partial charge in [-0.25, -0.2) is 0 Å². The van der Waals surface area contributed by atoms with Gasteiger partial charge in [0.25, 0.3) is 0 Å². The van der Waals surface area contributed by atoms with Crippen LogP contribution in [0.5, 0.6) is 0 Å². The van der Waals surface area contributed by atoms with Gasteiger partial charge in [0.05, 0.1) is 19.8 Å². The summed E-state index contributed by atoms with van der Waals surface area (Å²) in [4.78, 5) is 0. The van der Waals surface area contributed by atoms with Gasteiger partial charge in [0.15, 0.2) is 0 Å². The van der Waals surface area contributed by atoms with Gasteiger partial charge in [-0.15, -0.1) is 0 Å². The number of ether oxygens (including phenoxy) is 2. The lowest BCUT2D eigenvalue weighted by Crippen LogP contribution is -2.33. The standard InChI is InChI=1S/C21H26O3/c1-2-3-14-20(23-16-18-10-6-4-7-11-18)21(15-22)24-17-19-12-8-5-9-13-19/h3-14,20-22H,2,15-17H2,1H3/b14-3+/t20-,21-/m1/s1. The first kappa shape index (κ1) is 18.4. The molecule has 0 aliphatic rings. The summed E-state index contributed by atoms with van der Waals surface area (Å²) in [6.45, 7) is 2.94.